The molecule has 0 radical (unpaired) electrons. The maximum absolute atomic E-state index is 14.3. The second kappa shape index (κ2) is 12.8. The number of aromatic nitrogens is 4. The Labute approximate surface area is 288 Å². The molecule has 0 spiro atoms. The van der Waals surface area contributed by atoms with E-state index in [2.05, 4.69) is 76.2 Å². The van der Waals surface area contributed by atoms with Gasteiger partial charge in [0.25, 0.3) is 0 Å². The molecule has 236 valence electrons. The molecule has 6 aromatic rings. The molecule has 1 aliphatic carbocycles. The van der Waals surface area contributed by atoms with Gasteiger partial charge in [0.1, 0.15) is 11.6 Å². The van der Waals surface area contributed by atoms with Gasteiger partial charge < -0.3 is 9.30 Å². The second-order valence-electron chi connectivity index (χ2n) is 12.2. The Morgan fingerprint density at radius 1 is 0.957 bits per heavy atom. The van der Waals surface area contributed by atoms with E-state index < -0.39 is 0 Å². The first-order chi connectivity index (χ1) is 21.7. The van der Waals surface area contributed by atoms with Crippen LogP contribution in [0, 0.1) is 44.6 Å². The average molecular weight is 810 g/mol. The third-order valence-electron chi connectivity index (χ3n) is 8.99. The van der Waals surface area contributed by atoms with Gasteiger partial charge in [-0.15, -0.1) is 35.7 Å². The summed E-state index contributed by atoms with van der Waals surface area (Å²) in [5, 5.41) is 7.61. The van der Waals surface area contributed by atoms with Gasteiger partial charge in [0, 0.05) is 51.7 Å². The fourth-order valence-corrected chi connectivity index (χ4v) is 7.92. The van der Waals surface area contributed by atoms with Crippen LogP contribution in [0.25, 0.3) is 33.3 Å². The first kappa shape index (κ1) is 32.3. The number of nitrogens with zero attached hydrogens (tertiary/aromatic N) is 4. The van der Waals surface area contributed by atoms with Gasteiger partial charge in [-0.1, -0.05) is 49.2 Å². The molecule has 3 heterocycles. The smallest absolute Gasteiger partial charge is 0.509 e. The van der Waals surface area contributed by atoms with Crippen LogP contribution in [0.4, 0.5) is 4.39 Å². The minimum absolute atomic E-state index is 0. The standard InChI is InChI=1S/C38H35FN4OS.Pt/c1-22-15-28(43-26(5)38(25(4)41-43)37-23(2)17-31(45-6)18-24(37)3)20-30(16-22)44-29-11-12-33-32-9-7-8-10-34(32)42(35(33)21-29)36-19-27(39)13-14-40-36;/h7-17,19,24,31,37H,18H2,1-6H3;/q-2;+2/t24-,31-,37?;/m0./s1. The first-order valence-corrected chi connectivity index (χ1v) is 16.6. The number of hydrogen-bond acceptors (Lipinski definition) is 4. The van der Waals surface area contributed by atoms with Crippen molar-refractivity contribution in [3.63, 3.8) is 0 Å². The topological polar surface area (TPSA) is 44.9 Å². The summed E-state index contributed by atoms with van der Waals surface area (Å²) < 4.78 is 24.6. The van der Waals surface area contributed by atoms with E-state index in [1.54, 1.807) is 0 Å². The Balaban J connectivity index is 0.00000372. The van der Waals surface area contributed by atoms with Gasteiger partial charge in [0.05, 0.1) is 5.69 Å². The minimum atomic E-state index is -0.346. The molecule has 3 aromatic heterocycles. The number of thioether (sulfide) groups is 1. The van der Waals surface area contributed by atoms with Gasteiger partial charge in [0.15, 0.2) is 0 Å². The molecule has 1 unspecified atom stereocenters. The van der Waals surface area contributed by atoms with Gasteiger partial charge in [0.2, 0.25) is 0 Å². The van der Waals surface area contributed by atoms with Crippen LogP contribution < -0.4 is 4.74 Å². The molecule has 46 heavy (non-hydrogen) atoms. The molecule has 0 aliphatic heterocycles. The summed E-state index contributed by atoms with van der Waals surface area (Å²) in [5.41, 5.74) is 8.47. The summed E-state index contributed by atoms with van der Waals surface area (Å²) in [5.74, 6) is 2.13. The van der Waals surface area contributed by atoms with Gasteiger partial charge in [-0.3, -0.25) is 4.68 Å². The van der Waals surface area contributed by atoms with E-state index in [1.165, 1.54) is 29.5 Å². The van der Waals surface area contributed by atoms with Crippen LogP contribution >= 0.6 is 11.8 Å². The van der Waals surface area contributed by atoms with Gasteiger partial charge in [-0.25, -0.2) is 9.37 Å². The van der Waals surface area contributed by atoms with Crippen LogP contribution in [0.5, 0.6) is 11.5 Å². The number of ether oxygens (including phenoxy) is 1. The van der Waals surface area contributed by atoms with Crippen LogP contribution in [0.15, 0.2) is 78.5 Å². The molecule has 3 atom stereocenters. The van der Waals surface area contributed by atoms with Gasteiger partial charge in [-0.05, 0) is 62.6 Å². The summed E-state index contributed by atoms with van der Waals surface area (Å²) in [6, 6.07) is 25.7. The molecule has 0 saturated heterocycles. The number of pyridine rings is 1. The van der Waals surface area contributed by atoms with Crippen LogP contribution in [-0.4, -0.2) is 30.8 Å². The number of para-hydroxylation sites is 1. The summed E-state index contributed by atoms with van der Waals surface area (Å²) in [6.07, 6.45) is 7.28. The van der Waals surface area contributed by atoms with E-state index in [0.29, 0.717) is 34.4 Å². The molecule has 7 rings (SSSR count). The van der Waals surface area contributed by atoms with E-state index in [-0.39, 0.29) is 26.9 Å². The van der Waals surface area contributed by atoms with Crippen molar-refractivity contribution in [2.24, 2.45) is 5.92 Å². The van der Waals surface area contributed by atoms with E-state index in [4.69, 9.17) is 9.84 Å². The Kier molecular flexibility index (Phi) is 9.02. The zero-order chi connectivity index (χ0) is 31.4. The zero-order valence-corrected chi connectivity index (χ0v) is 29.8. The predicted molar refractivity (Wildman–Crippen MR) is 182 cm³/mol. The molecular weight excluding hydrogens is 775 g/mol. The van der Waals surface area contributed by atoms with Crippen molar-refractivity contribution >= 4 is 33.6 Å². The van der Waals surface area contributed by atoms with E-state index in [0.717, 1.165) is 50.9 Å². The normalized spacial score (nSPS) is 18.1. The maximum Gasteiger partial charge on any atom is 2.00 e. The molecule has 0 bridgehead atoms. The average Bonchev–Trinajstić information content (AvgIpc) is 3.49. The number of fused-ring (bicyclic) bond motifs is 3. The SMILES string of the molecule is CS[C@H]1C=C(C)C(c2c(C)nn(-c3[c-]c(Oc4[c-]c5c(cc4)c4ccccc4n5-c4cc(F)ccn4)cc(C)c3)c2C)[C@@H](C)C1.[Pt+2]. The Bertz CT molecular complexity index is 2120. The van der Waals surface area contributed by atoms with Crippen molar-refractivity contribution in [3.05, 3.63) is 119 Å². The first-order valence-electron chi connectivity index (χ1n) is 15.3. The van der Waals surface area contributed by atoms with Gasteiger partial charge >= 0.3 is 21.1 Å². The molecular formula is C38H35FN4OPtS. The largest absolute Gasteiger partial charge is 2.00 e. The second-order valence-corrected chi connectivity index (χ2v) is 13.2. The number of halogens is 1. The van der Waals surface area contributed by atoms with Crippen LogP contribution in [0.1, 0.15) is 48.7 Å². The molecule has 0 N–H and O–H groups in total. The fourth-order valence-electron chi connectivity index (χ4n) is 7.07. The van der Waals surface area contributed by atoms with E-state index >= 15 is 0 Å². The molecule has 0 amide bonds. The summed E-state index contributed by atoms with van der Waals surface area (Å²) >= 11 is 1.93. The molecule has 3 aromatic carbocycles. The monoisotopic (exact) mass is 809 g/mol. The number of aryl methyl sites for hydroxylation is 2. The predicted octanol–water partition coefficient (Wildman–Crippen LogP) is 9.62. The van der Waals surface area contributed by atoms with Crippen LogP contribution in [-0.2, 0) is 21.1 Å². The van der Waals surface area contributed by atoms with Crippen LogP contribution in [0.2, 0.25) is 0 Å². The van der Waals surface area contributed by atoms with Crippen molar-refractivity contribution in [3.8, 4) is 23.0 Å². The van der Waals surface area contributed by atoms with Crippen molar-refractivity contribution in [1.29, 1.82) is 0 Å². The number of rotatable bonds is 6. The molecule has 5 nitrogen and oxygen atoms in total. The molecule has 0 fully saturated rings. The maximum atomic E-state index is 14.3. The Morgan fingerprint density at radius 2 is 1.76 bits per heavy atom. The summed E-state index contributed by atoms with van der Waals surface area (Å²) in [6.45, 7) is 11.0. The molecule has 8 heteroatoms. The van der Waals surface area contributed by atoms with Gasteiger partial charge in [-0.2, -0.15) is 28.5 Å². The Hall–Kier alpha value is -3.67. The summed E-state index contributed by atoms with van der Waals surface area (Å²) in [7, 11) is 0. The zero-order valence-electron chi connectivity index (χ0n) is 26.7. The minimum Gasteiger partial charge on any atom is -0.509 e. The quantitative estimate of drug-likeness (QED) is 0.124. The third-order valence-corrected chi connectivity index (χ3v) is 9.92. The van der Waals surface area contributed by atoms with Crippen molar-refractivity contribution in [1.82, 2.24) is 19.3 Å². The molecule has 0 saturated carbocycles. The number of allylic oxidation sites excluding steroid dienone is 1. The van der Waals surface area contributed by atoms with E-state index in [1.807, 2.05) is 57.4 Å². The molecule has 1 aliphatic rings. The van der Waals surface area contributed by atoms with Crippen molar-refractivity contribution < 1.29 is 30.2 Å². The van der Waals surface area contributed by atoms with E-state index in [9.17, 15) is 4.39 Å². The van der Waals surface area contributed by atoms with Crippen molar-refractivity contribution in [2.45, 2.75) is 52.2 Å². The Morgan fingerprint density at radius 3 is 2.52 bits per heavy atom. The third kappa shape index (κ3) is 5.73. The number of benzene rings is 3. The fraction of sp³-hybridized carbons (Fsp3) is 0.263. The van der Waals surface area contributed by atoms with Crippen molar-refractivity contribution in [2.75, 3.05) is 6.26 Å². The van der Waals surface area contributed by atoms with Crippen LogP contribution in [0.3, 0.4) is 0 Å². The number of hydrogen-bond donors (Lipinski definition) is 0. The summed E-state index contributed by atoms with van der Waals surface area (Å²) in [4.78, 5) is 4.46.